The number of imidazole rings is 1. The lowest BCUT2D eigenvalue weighted by Gasteiger charge is -2.34. The van der Waals surface area contributed by atoms with Crippen molar-refractivity contribution >= 4 is 47.3 Å². The van der Waals surface area contributed by atoms with E-state index >= 15 is 0 Å². The Hall–Kier alpha value is -4.31. The molecule has 40 heavy (non-hydrogen) atoms. The summed E-state index contributed by atoms with van der Waals surface area (Å²) in [7, 11) is 2.45. The molecule has 17 heteroatoms. The Morgan fingerprint density at radius 3 is 2.55 bits per heavy atom. The second-order valence-corrected chi connectivity index (χ2v) is 9.01. The number of nitrogens with one attached hydrogen (secondary N) is 2. The topological polar surface area (TPSA) is 214 Å². The smallest absolute Gasteiger partial charge is 0.368 e. The lowest BCUT2D eigenvalue weighted by molar-refractivity contribution is -0.421. The maximum Gasteiger partial charge on any atom is 0.368 e. The summed E-state index contributed by atoms with van der Waals surface area (Å²) in [6, 6.07) is 0.0252. The fourth-order valence-corrected chi connectivity index (χ4v) is 4.65. The summed E-state index contributed by atoms with van der Waals surface area (Å²) in [5.41, 5.74) is -1.31. The number of amides is 2. The molecule has 16 nitrogen and oxygen atoms in total. The molecule has 0 saturated carbocycles. The number of hydrogen-bond acceptors (Lipinski definition) is 11. The number of aromatic nitrogens is 2. The minimum absolute atomic E-state index is 0. The Bertz CT molecular complexity index is 1240. The molecular weight excluding hydrogens is 554 g/mol. The van der Waals surface area contributed by atoms with E-state index < -0.39 is 63.2 Å². The number of likely N-dealkylation sites (N-methyl/N-ethyl adjacent to an activating group) is 1. The SMILES string of the molecule is COC(=O)[C@H]([C@@H](C)O)N(C)C(=O)[C@@H]1CCCN1C(=O)[C@H](Cc1cnc[nH]1)Nc1cccc([N+](=O)[O-])c1[N+](=O)[O-].Cl. The average Bonchev–Trinajstić information content (AvgIpc) is 3.59. The van der Waals surface area contributed by atoms with Crippen LogP contribution in [-0.4, -0.2) is 97.4 Å². The van der Waals surface area contributed by atoms with Crippen LogP contribution < -0.4 is 5.32 Å². The number of rotatable bonds is 11. The number of nitro benzene ring substituents is 2. The number of ether oxygens (including phenoxy) is 1. The van der Waals surface area contributed by atoms with Gasteiger partial charge in [-0.3, -0.25) is 29.8 Å². The number of hydrogen-bond donors (Lipinski definition) is 3. The van der Waals surface area contributed by atoms with Crippen LogP contribution in [0.5, 0.6) is 0 Å². The van der Waals surface area contributed by atoms with Gasteiger partial charge in [0.25, 0.3) is 0 Å². The van der Waals surface area contributed by atoms with Crippen LogP contribution in [0.1, 0.15) is 25.5 Å². The zero-order chi connectivity index (χ0) is 28.9. The quantitative estimate of drug-likeness (QED) is 0.193. The van der Waals surface area contributed by atoms with E-state index in [2.05, 4.69) is 15.3 Å². The first-order valence-corrected chi connectivity index (χ1v) is 12.0. The Labute approximate surface area is 234 Å². The predicted molar refractivity (Wildman–Crippen MR) is 142 cm³/mol. The zero-order valence-electron chi connectivity index (χ0n) is 21.9. The zero-order valence-corrected chi connectivity index (χ0v) is 22.7. The molecule has 3 N–H and O–H groups in total. The number of nitrogens with zero attached hydrogens (tertiary/aromatic N) is 5. The van der Waals surface area contributed by atoms with Crippen LogP contribution in [0.2, 0.25) is 0 Å². The van der Waals surface area contributed by atoms with Crippen LogP contribution in [0, 0.1) is 20.2 Å². The molecule has 2 aromatic rings. The van der Waals surface area contributed by atoms with Crippen LogP contribution in [0.15, 0.2) is 30.7 Å². The highest BCUT2D eigenvalue weighted by Gasteiger charge is 2.42. The molecule has 218 valence electrons. The van der Waals surface area contributed by atoms with Gasteiger partial charge in [0.15, 0.2) is 6.04 Å². The summed E-state index contributed by atoms with van der Waals surface area (Å²) in [5.74, 6) is -2.02. The number of para-hydroxylation sites is 1. The number of aliphatic hydroxyl groups is 1. The van der Waals surface area contributed by atoms with Gasteiger partial charge in [-0.15, -0.1) is 12.4 Å². The average molecular weight is 584 g/mol. The Morgan fingerprint density at radius 1 is 1.30 bits per heavy atom. The largest absolute Gasteiger partial charge is 0.467 e. The highest BCUT2D eigenvalue weighted by molar-refractivity contribution is 5.94. The number of esters is 1. The molecule has 4 atom stereocenters. The molecule has 2 heterocycles. The molecule has 1 fully saturated rings. The monoisotopic (exact) mass is 583 g/mol. The van der Waals surface area contributed by atoms with Gasteiger partial charge in [0.05, 0.1) is 29.4 Å². The van der Waals surface area contributed by atoms with Crippen molar-refractivity contribution in [2.24, 2.45) is 0 Å². The third-order valence-corrected chi connectivity index (χ3v) is 6.49. The third kappa shape index (κ3) is 6.81. The number of aromatic amines is 1. The molecule has 1 aliphatic rings. The fraction of sp³-hybridized carbons (Fsp3) is 0.478. The van der Waals surface area contributed by atoms with Gasteiger partial charge in [-0.2, -0.15) is 0 Å². The second-order valence-electron chi connectivity index (χ2n) is 9.01. The van der Waals surface area contributed by atoms with Gasteiger partial charge >= 0.3 is 17.3 Å². The van der Waals surface area contributed by atoms with Crippen LogP contribution in [0.4, 0.5) is 17.1 Å². The van der Waals surface area contributed by atoms with E-state index in [1.807, 2.05) is 0 Å². The van der Waals surface area contributed by atoms with Crippen molar-refractivity contribution in [1.29, 1.82) is 0 Å². The number of methoxy groups -OCH3 is 1. The molecule has 0 radical (unpaired) electrons. The molecule has 0 spiro atoms. The van der Waals surface area contributed by atoms with Gasteiger partial charge in [-0.1, -0.05) is 6.07 Å². The molecular formula is C23H30ClN7O9. The van der Waals surface area contributed by atoms with Crippen molar-refractivity contribution in [3.8, 4) is 0 Å². The minimum Gasteiger partial charge on any atom is -0.467 e. The minimum atomic E-state index is -1.30. The molecule has 0 aliphatic carbocycles. The Kier molecular flexibility index (Phi) is 10.9. The van der Waals surface area contributed by atoms with Gasteiger partial charge in [0.2, 0.25) is 11.8 Å². The number of halogens is 1. The summed E-state index contributed by atoms with van der Waals surface area (Å²) in [6.07, 6.45) is 2.28. The van der Waals surface area contributed by atoms with Gasteiger partial charge in [-0.25, -0.2) is 9.78 Å². The number of aliphatic hydroxyl groups excluding tert-OH is 1. The van der Waals surface area contributed by atoms with Crippen molar-refractivity contribution < 1.29 is 34.1 Å². The summed E-state index contributed by atoms with van der Waals surface area (Å²) in [4.78, 5) is 69.9. The highest BCUT2D eigenvalue weighted by Crippen LogP contribution is 2.35. The number of anilines is 1. The number of carbonyl (C=O) groups is 3. The molecule has 1 aromatic heterocycles. The van der Waals surface area contributed by atoms with Gasteiger partial charge < -0.3 is 29.9 Å². The maximum absolute atomic E-state index is 13.8. The van der Waals surface area contributed by atoms with E-state index in [0.717, 1.165) is 18.1 Å². The van der Waals surface area contributed by atoms with Gasteiger partial charge in [0.1, 0.15) is 17.8 Å². The van der Waals surface area contributed by atoms with Gasteiger partial charge in [-0.05, 0) is 25.8 Å². The summed E-state index contributed by atoms with van der Waals surface area (Å²) < 4.78 is 4.71. The Morgan fingerprint density at radius 2 is 2.00 bits per heavy atom. The van der Waals surface area contributed by atoms with E-state index in [9.17, 15) is 39.7 Å². The summed E-state index contributed by atoms with van der Waals surface area (Å²) >= 11 is 0. The first kappa shape index (κ1) is 31.9. The number of likely N-dealkylation sites (tertiary alicyclic amines) is 1. The predicted octanol–water partition coefficient (Wildman–Crippen LogP) is 1.04. The van der Waals surface area contributed by atoms with E-state index in [4.69, 9.17) is 4.74 Å². The molecule has 1 aromatic carbocycles. The van der Waals surface area contributed by atoms with Crippen LogP contribution in [-0.2, 0) is 25.5 Å². The number of nitro groups is 2. The van der Waals surface area contributed by atoms with Crippen molar-refractivity contribution in [3.05, 3.63) is 56.6 Å². The number of H-pyrrole nitrogens is 1. The van der Waals surface area contributed by atoms with E-state index in [1.165, 1.54) is 43.5 Å². The van der Waals surface area contributed by atoms with Crippen LogP contribution in [0.3, 0.4) is 0 Å². The lowest BCUT2D eigenvalue weighted by Crippen LogP contribution is -2.56. The van der Waals surface area contributed by atoms with E-state index in [-0.39, 0.29) is 37.5 Å². The highest BCUT2D eigenvalue weighted by atomic mass is 35.5. The summed E-state index contributed by atoms with van der Waals surface area (Å²) in [6.45, 7) is 1.51. The summed E-state index contributed by atoms with van der Waals surface area (Å²) in [5, 5.41) is 36.0. The van der Waals surface area contributed by atoms with Crippen molar-refractivity contribution in [3.63, 3.8) is 0 Å². The van der Waals surface area contributed by atoms with Crippen LogP contribution in [0.25, 0.3) is 0 Å². The van der Waals surface area contributed by atoms with Crippen molar-refractivity contribution in [1.82, 2.24) is 19.8 Å². The molecule has 1 aliphatic heterocycles. The number of carbonyl (C=O) groups excluding carboxylic acids is 3. The first-order valence-electron chi connectivity index (χ1n) is 12.0. The maximum atomic E-state index is 13.8. The fourth-order valence-electron chi connectivity index (χ4n) is 4.65. The molecule has 0 unspecified atom stereocenters. The van der Waals surface area contributed by atoms with E-state index in [1.54, 1.807) is 0 Å². The third-order valence-electron chi connectivity index (χ3n) is 6.49. The molecule has 1 saturated heterocycles. The molecule has 3 rings (SSSR count). The van der Waals surface area contributed by atoms with E-state index in [0.29, 0.717) is 12.1 Å². The lowest BCUT2D eigenvalue weighted by atomic mass is 10.1. The first-order chi connectivity index (χ1) is 18.5. The van der Waals surface area contributed by atoms with Crippen LogP contribution >= 0.6 is 12.4 Å². The molecule has 0 bridgehead atoms. The number of benzene rings is 1. The van der Waals surface area contributed by atoms with Gasteiger partial charge in [0, 0.05) is 38.0 Å². The second kappa shape index (κ2) is 13.7. The molecule has 2 amide bonds. The van der Waals surface area contributed by atoms with Crippen molar-refractivity contribution in [2.45, 2.75) is 50.4 Å². The normalized spacial score (nSPS) is 16.7. The standard InChI is InChI=1S/C23H29N7O9.ClH/c1-13(31)19(23(34)39-3)27(2)22(33)18-8-5-9-28(18)21(32)16(10-14-11-24-12-25-14)26-15-6-4-7-17(29(35)36)20(15)30(37)38;/h4,6-7,11-13,16,18-19,26,31H,5,8-10H2,1-3H3,(H,24,25);1H/t13-,16+,18+,19+;/m1./s1. The van der Waals surface area contributed by atoms with Crippen molar-refractivity contribution in [2.75, 3.05) is 26.0 Å². The Balaban J connectivity index is 0.00000560.